The zero-order valence-electron chi connectivity index (χ0n) is 14.7. The number of amides is 1. The average Bonchev–Trinajstić information content (AvgIpc) is 3.35. The quantitative estimate of drug-likeness (QED) is 0.862. The van der Waals surface area contributed by atoms with Crippen LogP contribution in [0.2, 0.25) is 0 Å². The van der Waals surface area contributed by atoms with E-state index in [0.29, 0.717) is 18.4 Å². The van der Waals surface area contributed by atoms with Gasteiger partial charge in [-0.1, -0.05) is 18.2 Å². The Balaban J connectivity index is 1.38. The smallest absolute Gasteiger partial charge is 0.226 e. The first-order valence-corrected chi connectivity index (χ1v) is 8.76. The third-order valence-corrected chi connectivity index (χ3v) is 5.24. The maximum atomic E-state index is 12.7. The number of methoxy groups -OCH3 is 1. The summed E-state index contributed by atoms with van der Waals surface area (Å²) in [7, 11) is 3.59. The van der Waals surface area contributed by atoms with E-state index in [1.807, 2.05) is 36.5 Å². The molecule has 2 aliphatic rings. The van der Waals surface area contributed by atoms with E-state index < -0.39 is 0 Å². The van der Waals surface area contributed by atoms with Crippen LogP contribution in [0.4, 0.5) is 0 Å². The molecule has 0 unspecified atom stereocenters. The third-order valence-electron chi connectivity index (χ3n) is 5.24. The number of hydrogen-bond acceptors (Lipinski definition) is 3. The van der Waals surface area contributed by atoms with Gasteiger partial charge in [0.2, 0.25) is 5.91 Å². The van der Waals surface area contributed by atoms with Crippen LogP contribution >= 0.6 is 0 Å². The number of benzene rings is 1. The number of carbonyl (C=O) groups is 1. The molecule has 1 amide bonds. The first kappa shape index (κ1) is 15.9. The van der Waals surface area contributed by atoms with Gasteiger partial charge in [-0.3, -0.25) is 9.48 Å². The minimum Gasteiger partial charge on any atom is -0.497 e. The van der Waals surface area contributed by atoms with Gasteiger partial charge in [0.1, 0.15) is 5.75 Å². The molecule has 0 bridgehead atoms. The molecule has 25 heavy (non-hydrogen) atoms. The molecule has 2 heterocycles. The molecule has 1 saturated carbocycles. The molecule has 5 nitrogen and oxygen atoms in total. The molecule has 1 aromatic heterocycles. The summed E-state index contributed by atoms with van der Waals surface area (Å²) in [4.78, 5) is 14.7. The molecule has 1 fully saturated rings. The molecule has 1 aliphatic heterocycles. The highest BCUT2D eigenvalue weighted by Gasteiger charge is 2.46. The predicted molar refractivity (Wildman–Crippen MR) is 96.2 cm³/mol. The Morgan fingerprint density at radius 3 is 2.68 bits per heavy atom. The Bertz CT molecular complexity index is 807. The average molecular weight is 337 g/mol. The second-order valence-corrected chi connectivity index (χ2v) is 6.89. The van der Waals surface area contributed by atoms with E-state index in [1.165, 1.54) is 16.7 Å². The lowest BCUT2D eigenvalue weighted by Crippen LogP contribution is -2.36. The monoisotopic (exact) mass is 337 g/mol. The number of aryl methyl sites for hydroxylation is 1. The van der Waals surface area contributed by atoms with Crippen LogP contribution in [-0.4, -0.2) is 40.8 Å². The number of ether oxygens (including phenoxy) is 1. The normalized spacial score (nSPS) is 22.5. The Hall–Kier alpha value is -2.56. The maximum Gasteiger partial charge on any atom is 0.226 e. The van der Waals surface area contributed by atoms with Gasteiger partial charge in [0.05, 0.1) is 13.3 Å². The van der Waals surface area contributed by atoms with Gasteiger partial charge in [0.15, 0.2) is 0 Å². The molecule has 1 aliphatic carbocycles. The summed E-state index contributed by atoms with van der Waals surface area (Å²) in [5.74, 6) is 1.65. The van der Waals surface area contributed by atoms with E-state index in [2.05, 4.69) is 23.3 Å². The van der Waals surface area contributed by atoms with Crippen LogP contribution in [0.3, 0.4) is 0 Å². The second-order valence-electron chi connectivity index (χ2n) is 6.89. The number of hydrogen-bond donors (Lipinski definition) is 0. The fourth-order valence-electron chi connectivity index (χ4n) is 3.64. The largest absolute Gasteiger partial charge is 0.497 e. The lowest BCUT2D eigenvalue weighted by atomic mass is 9.99. The Morgan fingerprint density at radius 1 is 1.28 bits per heavy atom. The summed E-state index contributed by atoms with van der Waals surface area (Å²) in [5, 5.41) is 4.21. The van der Waals surface area contributed by atoms with Crippen LogP contribution in [0, 0.1) is 5.92 Å². The minimum atomic E-state index is 0.139. The lowest BCUT2D eigenvalue weighted by molar-refractivity contribution is -0.132. The zero-order chi connectivity index (χ0) is 17.4. The fourth-order valence-corrected chi connectivity index (χ4v) is 3.64. The highest BCUT2D eigenvalue weighted by molar-refractivity contribution is 5.84. The summed E-state index contributed by atoms with van der Waals surface area (Å²) in [6.07, 6.45) is 7.95. The molecule has 0 spiro atoms. The molecule has 130 valence electrons. The van der Waals surface area contributed by atoms with E-state index in [1.54, 1.807) is 11.8 Å². The van der Waals surface area contributed by atoms with Crippen molar-refractivity contribution in [1.82, 2.24) is 14.7 Å². The van der Waals surface area contributed by atoms with Crippen molar-refractivity contribution >= 4 is 11.5 Å². The van der Waals surface area contributed by atoms with Crippen LogP contribution in [0.1, 0.15) is 29.9 Å². The standard InChI is InChI=1S/C20H23N3O2/c1-22-13-16(12-21-22)18-11-19(18)20(24)23-9-7-15(8-10-23)14-3-5-17(25-2)6-4-14/h3-7,12-13,18-19H,8-11H2,1-2H3/t18-,19+/m1/s1. The molecule has 2 atom stereocenters. The van der Waals surface area contributed by atoms with Crippen molar-refractivity contribution < 1.29 is 9.53 Å². The van der Waals surface area contributed by atoms with Crippen molar-refractivity contribution in [2.24, 2.45) is 13.0 Å². The molecule has 2 aromatic rings. The van der Waals surface area contributed by atoms with Crippen LogP contribution in [-0.2, 0) is 11.8 Å². The highest BCUT2D eigenvalue weighted by Crippen LogP contribution is 2.48. The first-order valence-electron chi connectivity index (χ1n) is 8.76. The first-order chi connectivity index (χ1) is 12.2. The van der Waals surface area contributed by atoms with E-state index in [0.717, 1.165) is 25.1 Å². The van der Waals surface area contributed by atoms with E-state index in [4.69, 9.17) is 4.74 Å². The van der Waals surface area contributed by atoms with Crippen molar-refractivity contribution in [3.8, 4) is 5.75 Å². The molecular formula is C20H23N3O2. The van der Waals surface area contributed by atoms with E-state index in [9.17, 15) is 4.79 Å². The Kier molecular flexibility index (Phi) is 4.07. The summed E-state index contributed by atoms with van der Waals surface area (Å²) in [6, 6.07) is 8.13. The van der Waals surface area contributed by atoms with Crippen molar-refractivity contribution in [1.29, 1.82) is 0 Å². The van der Waals surface area contributed by atoms with E-state index >= 15 is 0 Å². The summed E-state index contributed by atoms with van der Waals surface area (Å²) < 4.78 is 7.01. The summed E-state index contributed by atoms with van der Waals surface area (Å²) >= 11 is 0. The Morgan fingerprint density at radius 2 is 2.08 bits per heavy atom. The molecule has 1 aromatic carbocycles. The molecule has 0 N–H and O–H groups in total. The second kappa shape index (κ2) is 6.39. The van der Waals surface area contributed by atoms with Crippen molar-refractivity contribution in [2.45, 2.75) is 18.8 Å². The molecular weight excluding hydrogens is 314 g/mol. The van der Waals surface area contributed by atoms with Gasteiger partial charge in [-0.15, -0.1) is 0 Å². The molecule has 4 rings (SSSR count). The maximum absolute atomic E-state index is 12.7. The van der Waals surface area contributed by atoms with Gasteiger partial charge in [-0.05, 0) is 47.6 Å². The minimum absolute atomic E-state index is 0.139. The third kappa shape index (κ3) is 3.18. The number of nitrogens with zero attached hydrogens (tertiary/aromatic N) is 3. The van der Waals surface area contributed by atoms with E-state index in [-0.39, 0.29) is 5.92 Å². The highest BCUT2D eigenvalue weighted by atomic mass is 16.5. The van der Waals surface area contributed by atoms with Crippen LogP contribution in [0.25, 0.3) is 5.57 Å². The van der Waals surface area contributed by atoms with Crippen LogP contribution < -0.4 is 4.74 Å². The molecule has 5 heteroatoms. The zero-order valence-corrected chi connectivity index (χ0v) is 14.7. The summed E-state index contributed by atoms with van der Waals surface area (Å²) in [6.45, 7) is 1.50. The van der Waals surface area contributed by atoms with Crippen molar-refractivity contribution in [2.75, 3.05) is 20.2 Å². The number of aromatic nitrogens is 2. The lowest BCUT2D eigenvalue weighted by Gasteiger charge is -2.27. The molecule has 0 saturated heterocycles. The molecule has 0 radical (unpaired) electrons. The van der Waals surface area contributed by atoms with Gasteiger partial charge in [-0.25, -0.2) is 0 Å². The van der Waals surface area contributed by atoms with Gasteiger partial charge in [-0.2, -0.15) is 5.10 Å². The topological polar surface area (TPSA) is 47.4 Å². The van der Waals surface area contributed by atoms with Crippen LogP contribution in [0.5, 0.6) is 5.75 Å². The number of rotatable bonds is 4. The van der Waals surface area contributed by atoms with Gasteiger partial charge in [0, 0.05) is 32.3 Å². The Labute approximate surface area is 147 Å². The van der Waals surface area contributed by atoms with Crippen molar-refractivity contribution in [3.63, 3.8) is 0 Å². The summed E-state index contributed by atoms with van der Waals surface area (Å²) in [5.41, 5.74) is 3.71. The van der Waals surface area contributed by atoms with Gasteiger partial charge < -0.3 is 9.64 Å². The fraction of sp³-hybridized carbons (Fsp3) is 0.400. The van der Waals surface area contributed by atoms with Crippen LogP contribution in [0.15, 0.2) is 42.7 Å². The SMILES string of the molecule is COc1ccc(C2=CCN(C(=O)[C@H]3C[C@@H]3c3cnn(C)c3)CC2)cc1. The predicted octanol–water partition coefficient (Wildman–Crippen LogP) is 2.85. The van der Waals surface area contributed by atoms with Crippen molar-refractivity contribution in [3.05, 3.63) is 53.9 Å². The number of carbonyl (C=O) groups excluding carboxylic acids is 1. The van der Waals surface area contributed by atoms with Gasteiger partial charge in [0.25, 0.3) is 0 Å². The van der Waals surface area contributed by atoms with Gasteiger partial charge >= 0.3 is 0 Å².